The van der Waals surface area contributed by atoms with Crippen molar-refractivity contribution in [2.45, 2.75) is 31.5 Å². The Bertz CT molecular complexity index is 564. The Morgan fingerprint density at radius 2 is 2.17 bits per heavy atom. The van der Waals surface area contributed by atoms with Gasteiger partial charge >= 0.3 is 5.97 Å². The molecule has 2 bridgehead atoms. The molecule has 0 aromatic heterocycles. The Morgan fingerprint density at radius 1 is 1.44 bits per heavy atom. The van der Waals surface area contributed by atoms with Crippen LogP contribution in [0.3, 0.4) is 0 Å². The number of carbonyl (C=O) groups is 1. The zero-order chi connectivity index (χ0) is 13.3. The van der Waals surface area contributed by atoms with Crippen LogP contribution in [-0.4, -0.2) is 20.7 Å². The molecule has 98 valence electrons. The Morgan fingerprint density at radius 3 is 2.83 bits per heavy atom. The molecule has 0 fully saturated rings. The van der Waals surface area contributed by atoms with Gasteiger partial charge in [0, 0.05) is 12.8 Å². The fourth-order valence-electron chi connectivity index (χ4n) is 1.87. The van der Waals surface area contributed by atoms with Crippen molar-refractivity contribution in [2.75, 3.05) is 0 Å². The van der Waals surface area contributed by atoms with Crippen LogP contribution in [0, 0.1) is 5.92 Å². The summed E-state index contributed by atoms with van der Waals surface area (Å²) in [5.74, 6) is -0.800. The highest BCUT2D eigenvalue weighted by molar-refractivity contribution is 7.86. The molecule has 1 aromatic rings. The van der Waals surface area contributed by atoms with E-state index in [-0.39, 0.29) is 10.8 Å². The number of hydrogen-bond acceptors (Lipinski definition) is 5. The molecule has 1 unspecified atom stereocenters. The van der Waals surface area contributed by atoms with Crippen LogP contribution in [0.1, 0.15) is 19.4 Å². The van der Waals surface area contributed by atoms with Gasteiger partial charge in [-0.3, -0.25) is 4.79 Å². The fraction of sp³-hybridized carbons (Fsp3) is 0.417. The first-order chi connectivity index (χ1) is 8.38. The number of ether oxygens (including phenoxy) is 1. The number of fused-ring (bicyclic) bond motifs is 2. The predicted molar refractivity (Wildman–Crippen MR) is 63.1 cm³/mol. The second-order valence-corrected chi connectivity index (χ2v) is 5.93. The summed E-state index contributed by atoms with van der Waals surface area (Å²) in [6, 6.07) is 6.55. The van der Waals surface area contributed by atoms with Gasteiger partial charge < -0.3 is 4.74 Å². The molecule has 0 saturated carbocycles. The molecule has 1 aliphatic rings. The SMILES string of the molecule is CC(=O)O[C@@H]1OS(=O)(=O)c2cccc(c2)CC1C. The average molecular weight is 270 g/mol. The van der Waals surface area contributed by atoms with E-state index < -0.39 is 22.4 Å². The highest BCUT2D eigenvalue weighted by atomic mass is 32.2. The molecule has 0 aliphatic carbocycles. The van der Waals surface area contributed by atoms with Crippen LogP contribution in [0.25, 0.3) is 0 Å². The molecule has 1 aromatic carbocycles. The minimum Gasteiger partial charge on any atom is -0.434 e. The van der Waals surface area contributed by atoms with E-state index in [0.29, 0.717) is 6.42 Å². The van der Waals surface area contributed by atoms with E-state index in [0.717, 1.165) is 5.56 Å². The first kappa shape index (κ1) is 13.0. The van der Waals surface area contributed by atoms with Crippen molar-refractivity contribution in [1.82, 2.24) is 0 Å². The average Bonchev–Trinajstić information content (AvgIpc) is 2.26. The van der Waals surface area contributed by atoms with Crippen LogP contribution in [0.15, 0.2) is 29.2 Å². The number of rotatable bonds is 1. The largest absolute Gasteiger partial charge is 0.434 e. The van der Waals surface area contributed by atoms with E-state index in [1.165, 1.54) is 13.0 Å². The van der Waals surface area contributed by atoms with E-state index in [1.807, 2.05) is 6.07 Å². The predicted octanol–water partition coefficient (Wildman–Crippen LogP) is 1.47. The third-order valence-corrected chi connectivity index (χ3v) is 3.99. The van der Waals surface area contributed by atoms with E-state index in [9.17, 15) is 13.2 Å². The highest BCUT2D eigenvalue weighted by Crippen LogP contribution is 2.26. The van der Waals surface area contributed by atoms with Gasteiger partial charge in [-0.15, -0.1) is 0 Å². The lowest BCUT2D eigenvalue weighted by molar-refractivity contribution is -0.167. The number of benzene rings is 1. The second-order valence-electron chi connectivity index (χ2n) is 4.36. The van der Waals surface area contributed by atoms with Crippen LogP contribution in [0.4, 0.5) is 0 Å². The van der Waals surface area contributed by atoms with E-state index in [4.69, 9.17) is 8.92 Å². The normalized spacial score (nSPS) is 25.9. The minimum absolute atomic E-state index is 0.0871. The monoisotopic (exact) mass is 270 g/mol. The van der Waals surface area contributed by atoms with Gasteiger partial charge in [-0.25, -0.2) is 4.18 Å². The summed E-state index contributed by atoms with van der Waals surface area (Å²) in [6.45, 7) is 3.00. The smallest absolute Gasteiger partial charge is 0.304 e. The Balaban J connectivity index is 2.41. The van der Waals surface area contributed by atoms with Crippen molar-refractivity contribution in [1.29, 1.82) is 0 Å². The molecule has 0 spiro atoms. The van der Waals surface area contributed by atoms with Gasteiger partial charge in [-0.2, -0.15) is 8.42 Å². The Hall–Kier alpha value is -1.40. The maximum atomic E-state index is 11.9. The van der Waals surface area contributed by atoms with Crippen LogP contribution in [0.2, 0.25) is 0 Å². The minimum atomic E-state index is -3.89. The molecular formula is C12H14O5S. The molecule has 0 N–H and O–H groups in total. The van der Waals surface area contributed by atoms with Gasteiger partial charge in [0.05, 0.1) is 4.90 Å². The third kappa shape index (κ3) is 2.70. The Kier molecular flexibility index (Phi) is 3.41. The maximum Gasteiger partial charge on any atom is 0.304 e. The van der Waals surface area contributed by atoms with Crippen LogP contribution in [0.5, 0.6) is 0 Å². The summed E-state index contributed by atoms with van der Waals surface area (Å²) in [7, 11) is -3.89. The van der Waals surface area contributed by atoms with Gasteiger partial charge in [0.15, 0.2) is 0 Å². The lowest BCUT2D eigenvalue weighted by Gasteiger charge is -2.25. The molecule has 6 heteroatoms. The maximum absolute atomic E-state index is 11.9. The van der Waals surface area contributed by atoms with E-state index >= 15 is 0 Å². The molecular weight excluding hydrogens is 256 g/mol. The fourth-order valence-corrected chi connectivity index (χ4v) is 3.00. The molecule has 5 nitrogen and oxygen atoms in total. The van der Waals surface area contributed by atoms with Crippen molar-refractivity contribution in [3.63, 3.8) is 0 Å². The number of esters is 1. The molecule has 2 atom stereocenters. The zero-order valence-corrected chi connectivity index (χ0v) is 10.9. The topological polar surface area (TPSA) is 69.7 Å². The first-order valence-corrected chi connectivity index (χ1v) is 6.99. The van der Waals surface area contributed by atoms with Gasteiger partial charge in [0.25, 0.3) is 10.1 Å². The summed E-state index contributed by atoms with van der Waals surface area (Å²) in [5, 5.41) is 0. The molecule has 0 amide bonds. The highest BCUT2D eigenvalue weighted by Gasteiger charge is 2.31. The third-order valence-electron chi connectivity index (χ3n) is 2.71. The quantitative estimate of drug-likeness (QED) is 0.571. The first-order valence-electron chi connectivity index (χ1n) is 5.58. The van der Waals surface area contributed by atoms with Gasteiger partial charge in [-0.1, -0.05) is 19.1 Å². The van der Waals surface area contributed by atoms with Gasteiger partial charge in [0.1, 0.15) is 0 Å². The molecule has 0 radical (unpaired) electrons. The molecule has 0 saturated heterocycles. The summed E-state index contributed by atoms with van der Waals surface area (Å²) in [6.07, 6.45) is -0.493. The number of carbonyl (C=O) groups excluding carboxylic acids is 1. The van der Waals surface area contributed by atoms with Crippen molar-refractivity contribution >= 4 is 16.1 Å². The molecule has 2 rings (SSSR count). The van der Waals surface area contributed by atoms with Crippen LogP contribution < -0.4 is 0 Å². The van der Waals surface area contributed by atoms with Crippen molar-refractivity contribution in [3.05, 3.63) is 29.8 Å². The molecule has 1 heterocycles. The van der Waals surface area contributed by atoms with Crippen LogP contribution >= 0.6 is 0 Å². The summed E-state index contributed by atoms with van der Waals surface area (Å²) < 4.78 is 33.8. The zero-order valence-electron chi connectivity index (χ0n) is 10.1. The lowest BCUT2D eigenvalue weighted by atomic mass is 10.0. The standard InChI is InChI=1S/C12H14O5S/c1-8-6-10-4-3-5-11(7-10)18(14,15)17-12(8)16-9(2)13/h3-5,7-8,12H,6H2,1-2H3/t8?,12-/m1/s1. The summed E-state index contributed by atoms with van der Waals surface area (Å²) in [4.78, 5) is 11.1. The summed E-state index contributed by atoms with van der Waals surface area (Å²) >= 11 is 0. The summed E-state index contributed by atoms with van der Waals surface area (Å²) in [5.41, 5.74) is 0.879. The second kappa shape index (κ2) is 4.70. The van der Waals surface area contributed by atoms with Crippen molar-refractivity contribution in [3.8, 4) is 0 Å². The van der Waals surface area contributed by atoms with Gasteiger partial charge in [0.2, 0.25) is 6.29 Å². The van der Waals surface area contributed by atoms with E-state index in [1.54, 1.807) is 19.1 Å². The van der Waals surface area contributed by atoms with Crippen molar-refractivity contribution in [2.24, 2.45) is 5.92 Å². The van der Waals surface area contributed by atoms with Crippen molar-refractivity contribution < 1.29 is 22.1 Å². The number of hydrogen-bond donors (Lipinski definition) is 0. The van der Waals surface area contributed by atoms with E-state index in [2.05, 4.69) is 0 Å². The molecule has 1 aliphatic heterocycles. The lowest BCUT2D eigenvalue weighted by Crippen LogP contribution is -2.32. The van der Waals surface area contributed by atoms with Gasteiger partial charge in [-0.05, 0) is 24.1 Å². The van der Waals surface area contributed by atoms with Crippen LogP contribution in [-0.2, 0) is 30.3 Å². The molecule has 18 heavy (non-hydrogen) atoms. The Labute approximate surface area is 106 Å².